The van der Waals surface area contributed by atoms with E-state index in [0.29, 0.717) is 34.8 Å². The van der Waals surface area contributed by atoms with Crippen LogP contribution < -0.4 is 15.8 Å². The minimum absolute atomic E-state index is 0.00426. The Bertz CT molecular complexity index is 1230. The van der Waals surface area contributed by atoms with Crippen molar-refractivity contribution in [2.45, 2.75) is 18.4 Å². The number of furan rings is 1. The van der Waals surface area contributed by atoms with E-state index >= 15 is 0 Å². The molecule has 1 aromatic carbocycles. The van der Waals surface area contributed by atoms with Gasteiger partial charge in [-0.05, 0) is 29.8 Å². The van der Waals surface area contributed by atoms with Gasteiger partial charge in [-0.15, -0.1) is 0 Å². The minimum Gasteiger partial charge on any atom is -0.497 e. The average molecular weight is 406 g/mol. The number of amides is 3. The number of hydrogen-bond acceptors (Lipinski definition) is 7. The number of pyridine rings is 1. The van der Waals surface area contributed by atoms with E-state index in [1.807, 2.05) is 6.07 Å². The number of nitrogens with zero attached hydrogens (tertiary/aromatic N) is 2. The van der Waals surface area contributed by atoms with E-state index in [9.17, 15) is 14.4 Å². The Morgan fingerprint density at radius 3 is 2.80 bits per heavy atom. The molecule has 0 bridgehead atoms. The van der Waals surface area contributed by atoms with Crippen LogP contribution in [-0.4, -0.2) is 41.3 Å². The van der Waals surface area contributed by atoms with Gasteiger partial charge in [0.1, 0.15) is 28.3 Å². The predicted molar refractivity (Wildman–Crippen MR) is 106 cm³/mol. The second-order valence-electron chi connectivity index (χ2n) is 7.55. The second-order valence-corrected chi connectivity index (χ2v) is 7.55. The Kier molecular flexibility index (Phi) is 3.82. The van der Waals surface area contributed by atoms with Crippen LogP contribution in [0.25, 0.3) is 11.1 Å². The van der Waals surface area contributed by atoms with Gasteiger partial charge in [0, 0.05) is 24.7 Å². The van der Waals surface area contributed by atoms with E-state index in [1.54, 1.807) is 35.2 Å². The van der Waals surface area contributed by atoms with E-state index in [4.69, 9.17) is 14.9 Å². The van der Waals surface area contributed by atoms with Crippen LogP contribution in [0.1, 0.15) is 28.1 Å². The summed E-state index contributed by atoms with van der Waals surface area (Å²) in [5.41, 5.74) is 6.69. The summed E-state index contributed by atoms with van der Waals surface area (Å²) >= 11 is 0. The Morgan fingerprint density at radius 2 is 2.07 bits per heavy atom. The topological polar surface area (TPSA) is 128 Å². The van der Waals surface area contributed by atoms with Gasteiger partial charge in [0.2, 0.25) is 11.8 Å². The number of nitrogens with two attached hydrogens (primary N) is 1. The van der Waals surface area contributed by atoms with Crippen molar-refractivity contribution in [1.29, 1.82) is 0 Å². The standard InChI is InChI=1S/C21H18N4O5/c1-29-12-3-2-11-9-25(19(27)13(11)6-12)10-21(8-18(26)24-20(21)28)16-7-14-15(30-16)4-5-17(22)23-14/h2-7H,8-10H2,1H3,(H2,22,23)(H,24,26,28)/t21-/m1/s1. The highest BCUT2D eigenvalue weighted by Crippen LogP contribution is 2.39. The fraction of sp³-hybridized carbons (Fsp3) is 0.238. The van der Waals surface area contributed by atoms with E-state index in [2.05, 4.69) is 10.3 Å². The van der Waals surface area contributed by atoms with Gasteiger partial charge in [-0.1, -0.05) is 6.07 Å². The van der Waals surface area contributed by atoms with Crippen LogP contribution in [0.2, 0.25) is 0 Å². The largest absolute Gasteiger partial charge is 0.497 e. The maximum absolute atomic E-state index is 13.0. The molecule has 2 aliphatic heterocycles. The molecule has 2 aliphatic rings. The highest BCUT2D eigenvalue weighted by Gasteiger charge is 2.53. The van der Waals surface area contributed by atoms with Crippen molar-refractivity contribution in [3.8, 4) is 5.75 Å². The monoisotopic (exact) mass is 406 g/mol. The molecular weight excluding hydrogens is 388 g/mol. The molecule has 0 spiro atoms. The van der Waals surface area contributed by atoms with Gasteiger partial charge in [-0.2, -0.15) is 0 Å². The second kappa shape index (κ2) is 6.31. The quantitative estimate of drug-likeness (QED) is 0.626. The van der Waals surface area contributed by atoms with Crippen molar-refractivity contribution in [2.24, 2.45) is 0 Å². The molecule has 3 amide bonds. The summed E-state index contributed by atoms with van der Waals surface area (Å²) in [6.45, 7) is 0.322. The Morgan fingerprint density at radius 1 is 1.23 bits per heavy atom. The number of hydrogen-bond donors (Lipinski definition) is 2. The Labute approximate surface area is 170 Å². The van der Waals surface area contributed by atoms with Crippen LogP contribution in [0.5, 0.6) is 5.75 Å². The van der Waals surface area contributed by atoms with Crippen molar-refractivity contribution in [3.05, 3.63) is 53.3 Å². The van der Waals surface area contributed by atoms with Gasteiger partial charge >= 0.3 is 0 Å². The van der Waals surface area contributed by atoms with Crippen molar-refractivity contribution < 1.29 is 23.5 Å². The number of methoxy groups -OCH3 is 1. The average Bonchev–Trinajstić information content (AvgIpc) is 3.36. The van der Waals surface area contributed by atoms with Gasteiger partial charge in [0.25, 0.3) is 5.91 Å². The number of aromatic nitrogens is 1. The van der Waals surface area contributed by atoms with Crippen LogP contribution >= 0.6 is 0 Å². The zero-order valence-electron chi connectivity index (χ0n) is 16.1. The number of anilines is 1. The van der Waals surface area contributed by atoms with Crippen LogP contribution in [0.4, 0.5) is 5.82 Å². The lowest BCUT2D eigenvalue weighted by atomic mass is 9.82. The van der Waals surface area contributed by atoms with E-state index in [-0.39, 0.29) is 24.6 Å². The normalized spacial score (nSPS) is 20.7. The molecule has 4 heterocycles. The number of nitrogen functional groups attached to an aromatic ring is 1. The van der Waals surface area contributed by atoms with Crippen molar-refractivity contribution >= 4 is 34.6 Å². The maximum atomic E-state index is 13.0. The molecule has 3 aromatic rings. The van der Waals surface area contributed by atoms with Gasteiger partial charge in [0.05, 0.1) is 13.5 Å². The lowest BCUT2D eigenvalue weighted by Crippen LogP contribution is -2.46. The third-order valence-electron chi connectivity index (χ3n) is 5.67. The van der Waals surface area contributed by atoms with Crippen molar-refractivity contribution in [2.75, 3.05) is 19.4 Å². The lowest BCUT2D eigenvalue weighted by molar-refractivity contribution is -0.126. The molecule has 0 radical (unpaired) electrons. The van der Waals surface area contributed by atoms with E-state index in [0.717, 1.165) is 5.56 Å². The Balaban J connectivity index is 1.55. The number of imide groups is 1. The number of carbonyl (C=O) groups excluding carboxylic acids is 3. The molecule has 9 nitrogen and oxygen atoms in total. The number of carbonyl (C=O) groups is 3. The van der Waals surface area contributed by atoms with Crippen LogP contribution in [-0.2, 0) is 21.5 Å². The predicted octanol–water partition coefficient (Wildman–Crippen LogP) is 1.36. The molecule has 0 aliphatic carbocycles. The Hall–Kier alpha value is -3.88. The smallest absolute Gasteiger partial charge is 0.254 e. The van der Waals surface area contributed by atoms with E-state index < -0.39 is 17.2 Å². The first-order chi connectivity index (χ1) is 14.4. The van der Waals surface area contributed by atoms with Crippen LogP contribution in [0, 0.1) is 0 Å². The molecule has 3 N–H and O–H groups in total. The molecule has 2 aromatic heterocycles. The molecule has 30 heavy (non-hydrogen) atoms. The lowest BCUT2D eigenvalue weighted by Gasteiger charge is -2.28. The third-order valence-corrected chi connectivity index (χ3v) is 5.67. The molecule has 9 heteroatoms. The molecule has 1 fully saturated rings. The number of benzene rings is 1. The summed E-state index contributed by atoms with van der Waals surface area (Å²) in [7, 11) is 1.53. The number of fused-ring (bicyclic) bond motifs is 2. The van der Waals surface area contributed by atoms with Crippen molar-refractivity contribution in [1.82, 2.24) is 15.2 Å². The molecule has 1 atom stereocenters. The molecule has 1 saturated heterocycles. The summed E-state index contributed by atoms with van der Waals surface area (Å²) in [6.07, 6.45) is -0.120. The summed E-state index contributed by atoms with van der Waals surface area (Å²) < 4.78 is 11.1. The van der Waals surface area contributed by atoms with Crippen molar-refractivity contribution in [3.63, 3.8) is 0 Å². The highest BCUT2D eigenvalue weighted by atomic mass is 16.5. The molecule has 5 rings (SSSR count). The molecule has 0 saturated carbocycles. The highest BCUT2D eigenvalue weighted by molar-refractivity contribution is 6.10. The summed E-state index contributed by atoms with van der Waals surface area (Å²) in [6, 6.07) is 10.2. The number of rotatable bonds is 4. The SMILES string of the molecule is COc1ccc2c(c1)C(=O)N(C[C@@]1(c3cc4nc(N)ccc4o3)CC(=O)NC1=O)C2. The first-order valence-electron chi connectivity index (χ1n) is 9.37. The first kappa shape index (κ1) is 18.2. The maximum Gasteiger partial charge on any atom is 0.254 e. The van der Waals surface area contributed by atoms with Crippen LogP contribution in [0.15, 0.2) is 40.8 Å². The summed E-state index contributed by atoms with van der Waals surface area (Å²) in [4.78, 5) is 43.9. The van der Waals surface area contributed by atoms with Gasteiger partial charge in [0.15, 0.2) is 5.58 Å². The fourth-order valence-corrected chi connectivity index (χ4v) is 4.15. The molecule has 0 unspecified atom stereocenters. The zero-order valence-corrected chi connectivity index (χ0v) is 16.1. The number of nitrogens with one attached hydrogen (secondary N) is 1. The first-order valence-corrected chi connectivity index (χ1v) is 9.37. The zero-order chi connectivity index (χ0) is 21.0. The van der Waals surface area contributed by atoms with Gasteiger partial charge < -0.3 is 19.8 Å². The van der Waals surface area contributed by atoms with Crippen LogP contribution in [0.3, 0.4) is 0 Å². The number of ether oxygens (including phenoxy) is 1. The minimum atomic E-state index is -1.34. The third kappa shape index (κ3) is 2.62. The summed E-state index contributed by atoms with van der Waals surface area (Å²) in [5, 5.41) is 2.35. The van der Waals surface area contributed by atoms with Gasteiger partial charge in [-0.25, -0.2) is 4.98 Å². The van der Waals surface area contributed by atoms with Gasteiger partial charge in [-0.3, -0.25) is 19.7 Å². The summed E-state index contributed by atoms with van der Waals surface area (Å²) in [5.74, 6) is 0.0252. The molecular formula is C21H18N4O5. The molecule has 152 valence electrons. The fourth-order valence-electron chi connectivity index (χ4n) is 4.15. The van der Waals surface area contributed by atoms with E-state index in [1.165, 1.54) is 7.11 Å².